The second kappa shape index (κ2) is 4.30. The molecule has 0 aliphatic heterocycles. The third-order valence-electron chi connectivity index (χ3n) is 1.90. The van der Waals surface area contributed by atoms with Gasteiger partial charge in [0.05, 0.1) is 17.6 Å². The lowest BCUT2D eigenvalue weighted by atomic mass is 10.3. The first-order valence-electron chi connectivity index (χ1n) is 4.27. The van der Waals surface area contributed by atoms with Crippen LogP contribution in [0.4, 0.5) is 0 Å². The molecule has 0 saturated carbocycles. The van der Waals surface area contributed by atoms with Crippen LogP contribution in [-0.2, 0) is 6.54 Å². The normalized spacial score (nSPS) is 10.6. The van der Waals surface area contributed by atoms with Crippen LogP contribution in [0.3, 0.4) is 0 Å². The van der Waals surface area contributed by atoms with E-state index in [9.17, 15) is 0 Å². The molecule has 1 heterocycles. The van der Waals surface area contributed by atoms with Crippen LogP contribution in [0.25, 0.3) is 5.69 Å². The first-order chi connectivity index (χ1) is 7.20. The summed E-state index contributed by atoms with van der Waals surface area (Å²) < 4.78 is 2.54. The average molecular weight is 288 g/mol. The highest BCUT2D eigenvalue weighted by Gasteiger charge is 2.05. The highest BCUT2D eigenvalue weighted by molar-refractivity contribution is 9.10. The van der Waals surface area contributed by atoms with Crippen molar-refractivity contribution in [3.05, 3.63) is 39.6 Å². The van der Waals surface area contributed by atoms with Gasteiger partial charge in [-0.15, -0.1) is 5.10 Å². The fourth-order valence-electron chi connectivity index (χ4n) is 1.17. The van der Waals surface area contributed by atoms with Crippen molar-refractivity contribution in [1.82, 2.24) is 15.0 Å². The molecule has 0 atom stereocenters. The van der Waals surface area contributed by atoms with Crippen molar-refractivity contribution in [3.8, 4) is 5.69 Å². The molecule has 0 fully saturated rings. The zero-order chi connectivity index (χ0) is 10.8. The van der Waals surface area contributed by atoms with Crippen LogP contribution >= 0.6 is 27.5 Å². The SMILES string of the molecule is NCc1cn(-c2cc(Cl)ccc2Br)nn1. The average Bonchev–Trinajstić information content (AvgIpc) is 2.70. The van der Waals surface area contributed by atoms with Crippen molar-refractivity contribution >= 4 is 27.5 Å². The van der Waals surface area contributed by atoms with Gasteiger partial charge in [-0.25, -0.2) is 4.68 Å². The third kappa shape index (κ3) is 2.19. The molecule has 1 aromatic carbocycles. The highest BCUT2D eigenvalue weighted by atomic mass is 79.9. The molecule has 2 N–H and O–H groups in total. The van der Waals surface area contributed by atoms with Crippen LogP contribution in [0.2, 0.25) is 5.02 Å². The lowest BCUT2D eigenvalue weighted by Crippen LogP contribution is -1.96. The van der Waals surface area contributed by atoms with E-state index in [-0.39, 0.29) is 0 Å². The van der Waals surface area contributed by atoms with Gasteiger partial charge in [0.1, 0.15) is 0 Å². The Hall–Kier alpha value is -0.910. The van der Waals surface area contributed by atoms with Crippen molar-refractivity contribution in [2.24, 2.45) is 5.73 Å². The van der Waals surface area contributed by atoms with Crippen LogP contribution in [0, 0.1) is 0 Å². The molecular formula is C9H8BrClN4. The Balaban J connectivity index is 2.48. The van der Waals surface area contributed by atoms with Gasteiger partial charge in [-0.1, -0.05) is 16.8 Å². The molecule has 0 radical (unpaired) electrons. The topological polar surface area (TPSA) is 56.7 Å². The van der Waals surface area contributed by atoms with E-state index in [1.165, 1.54) is 0 Å². The Bertz CT molecular complexity index is 483. The molecule has 0 bridgehead atoms. The zero-order valence-corrected chi connectivity index (χ0v) is 10.0. The molecule has 1 aromatic heterocycles. The second-order valence-corrected chi connectivity index (χ2v) is 4.25. The van der Waals surface area contributed by atoms with Crippen LogP contribution in [0.15, 0.2) is 28.9 Å². The lowest BCUT2D eigenvalue weighted by molar-refractivity contribution is 0.794. The Labute approximate surface area is 100 Å². The van der Waals surface area contributed by atoms with E-state index >= 15 is 0 Å². The van der Waals surface area contributed by atoms with Crippen molar-refractivity contribution in [3.63, 3.8) is 0 Å². The van der Waals surface area contributed by atoms with E-state index in [4.69, 9.17) is 17.3 Å². The van der Waals surface area contributed by atoms with Gasteiger partial charge in [-0.05, 0) is 34.1 Å². The number of hydrogen-bond donors (Lipinski definition) is 1. The lowest BCUT2D eigenvalue weighted by Gasteiger charge is -2.03. The van der Waals surface area contributed by atoms with Gasteiger partial charge in [0, 0.05) is 16.0 Å². The standard InChI is InChI=1S/C9H8BrClN4/c10-8-2-1-6(11)3-9(8)15-5-7(4-12)13-14-15/h1-3,5H,4,12H2. The summed E-state index contributed by atoms with van der Waals surface area (Å²) in [7, 11) is 0. The van der Waals surface area contributed by atoms with Crippen molar-refractivity contribution in [1.29, 1.82) is 0 Å². The van der Waals surface area contributed by atoms with Crippen molar-refractivity contribution in [2.45, 2.75) is 6.54 Å². The quantitative estimate of drug-likeness (QED) is 0.920. The monoisotopic (exact) mass is 286 g/mol. The Morgan fingerprint density at radius 1 is 1.47 bits per heavy atom. The van der Waals surface area contributed by atoms with E-state index in [1.54, 1.807) is 23.0 Å². The maximum absolute atomic E-state index is 5.90. The molecule has 6 heteroatoms. The Kier molecular flexibility index (Phi) is 3.04. The van der Waals surface area contributed by atoms with Crippen LogP contribution in [-0.4, -0.2) is 15.0 Å². The number of halogens is 2. The highest BCUT2D eigenvalue weighted by Crippen LogP contribution is 2.24. The Morgan fingerprint density at radius 3 is 2.93 bits per heavy atom. The van der Waals surface area contributed by atoms with E-state index in [1.807, 2.05) is 6.07 Å². The molecule has 0 spiro atoms. The van der Waals surface area contributed by atoms with Crippen molar-refractivity contribution < 1.29 is 0 Å². The molecule has 0 aliphatic carbocycles. The summed E-state index contributed by atoms with van der Waals surface area (Å²) in [5, 5.41) is 8.51. The first-order valence-corrected chi connectivity index (χ1v) is 5.44. The van der Waals surface area contributed by atoms with E-state index in [0.29, 0.717) is 11.6 Å². The maximum atomic E-state index is 5.90. The molecule has 2 rings (SSSR count). The zero-order valence-electron chi connectivity index (χ0n) is 7.69. The minimum Gasteiger partial charge on any atom is -0.325 e. The van der Waals surface area contributed by atoms with Gasteiger partial charge in [0.15, 0.2) is 0 Å². The predicted octanol–water partition coefficient (Wildman–Crippen LogP) is 2.14. The number of nitrogens with two attached hydrogens (primary N) is 1. The van der Waals surface area contributed by atoms with Gasteiger partial charge in [0.25, 0.3) is 0 Å². The molecule has 0 amide bonds. The van der Waals surface area contributed by atoms with Crippen molar-refractivity contribution in [2.75, 3.05) is 0 Å². The van der Waals surface area contributed by atoms with Gasteiger partial charge < -0.3 is 5.73 Å². The second-order valence-electron chi connectivity index (χ2n) is 2.95. The summed E-state index contributed by atoms with van der Waals surface area (Å²) in [6, 6.07) is 5.47. The molecule has 78 valence electrons. The fraction of sp³-hybridized carbons (Fsp3) is 0.111. The molecule has 0 aliphatic rings. The molecule has 0 saturated heterocycles. The smallest absolute Gasteiger partial charge is 0.0967 e. The number of hydrogen-bond acceptors (Lipinski definition) is 3. The summed E-state index contributed by atoms with van der Waals surface area (Å²) in [5.41, 5.74) is 7.04. The molecule has 0 unspecified atom stereocenters. The molecule has 2 aromatic rings. The van der Waals surface area contributed by atoms with E-state index in [0.717, 1.165) is 15.9 Å². The number of aromatic nitrogens is 3. The number of nitrogens with zero attached hydrogens (tertiary/aromatic N) is 3. The maximum Gasteiger partial charge on any atom is 0.0967 e. The first kappa shape index (κ1) is 10.6. The minimum atomic E-state index is 0.373. The molecule has 4 nitrogen and oxygen atoms in total. The fourth-order valence-corrected chi connectivity index (χ4v) is 1.77. The summed E-state index contributed by atoms with van der Waals surface area (Å²) in [4.78, 5) is 0. The minimum absolute atomic E-state index is 0.373. The Morgan fingerprint density at radius 2 is 2.27 bits per heavy atom. The van der Waals surface area contributed by atoms with Gasteiger partial charge in [0.2, 0.25) is 0 Å². The summed E-state index contributed by atoms with van der Waals surface area (Å²) in [6.07, 6.45) is 1.77. The molecular weight excluding hydrogens is 279 g/mol. The third-order valence-corrected chi connectivity index (χ3v) is 2.81. The van der Waals surface area contributed by atoms with Gasteiger partial charge in [-0.3, -0.25) is 0 Å². The summed E-state index contributed by atoms with van der Waals surface area (Å²) in [5.74, 6) is 0. The van der Waals surface area contributed by atoms with E-state index in [2.05, 4.69) is 26.2 Å². The number of rotatable bonds is 2. The van der Waals surface area contributed by atoms with Gasteiger partial charge >= 0.3 is 0 Å². The van der Waals surface area contributed by atoms with Gasteiger partial charge in [-0.2, -0.15) is 0 Å². The summed E-state index contributed by atoms with van der Waals surface area (Å²) in [6.45, 7) is 0.373. The molecule has 15 heavy (non-hydrogen) atoms. The van der Waals surface area contributed by atoms with Crippen LogP contribution < -0.4 is 5.73 Å². The van der Waals surface area contributed by atoms with Crippen LogP contribution in [0.1, 0.15) is 5.69 Å². The van der Waals surface area contributed by atoms with E-state index < -0.39 is 0 Å². The number of benzene rings is 1. The predicted molar refractivity (Wildman–Crippen MR) is 62.0 cm³/mol. The summed E-state index contributed by atoms with van der Waals surface area (Å²) >= 11 is 9.32. The van der Waals surface area contributed by atoms with Crippen LogP contribution in [0.5, 0.6) is 0 Å². The largest absolute Gasteiger partial charge is 0.325 e.